The van der Waals surface area contributed by atoms with Gasteiger partial charge in [-0.1, -0.05) is 33.3 Å². The van der Waals surface area contributed by atoms with E-state index in [9.17, 15) is 18.3 Å². The van der Waals surface area contributed by atoms with Crippen molar-refractivity contribution in [2.24, 2.45) is 11.3 Å². The second-order valence-corrected chi connectivity index (χ2v) is 8.10. The smallest absolute Gasteiger partial charge is 0.406 e. The van der Waals surface area contributed by atoms with Crippen molar-refractivity contribution >= 4 is 0 Å². The van der Waals surface area contributed by atoms with Crippen LogP contribution in [0.15, 0.2) is 18.2 Å². The summed E-state index contributed by atoms with van der Waals surface area (Å²) in [5.41, 5.74) is 0.0492. The Labute approximate surface area is 134 Å². The minimum atomic E-state index is -4.71. The molecule has 1 fully saturated rings. The van der Waals surface area contributed by atoms with Crippen molar-refractivity contribution in [2.45, 2.75) is 64.3 Å². The van der Waals surface area contributed by atoms with Crippen molar-refractivity contribution < 1.29 is 23.0 Å². The predicted octanol–water partition coefficient (Wildman–Crippen LogP) is 4.89. The van der Waals surface area contributed by atoms with Gasteiger partial charge in [-0.15, -0.1) is 13.2 Å². The zero-order valence-electron chi connectivity index (χ0n) is 13.9. The van der Waals surface area contributed by atoms with Crippen LogP contribution in [0.25, 0.3) is 0 Å². The fourth-order valence-electron chi connectivity index (χ4n) is 5.52. The normalized spacial score (nSPS) is 35.6. The number of hydrogen-bond acceptors (Lipinski definition) is 2. The van der Waals surface area contributed by atoms with Gasteiger partial charge in [0.25, 0.3) is 0 Å². The first-order valence-electron chi connectivity index (χ1n) is 8.01. The third-order valence-corrected chi connectivity index (χ3v) is 5.88. The van der Waals surface area contributed by atoms with E-state index in [4.69, 9.17) is 0 Å². The van der Waals surface area contributed by atoms with Gasteiger partial charge in [0.1, 0.15) is 5.75 Å². The molecule has 3 rings (SSSR count). The number of aliphatic hydroxyl groups is 1. The molecule has 2 aliphatic carbocycles. The van der Waals surface area contributed by atoms with Crippen molar-refractivity contribution in [1.29, 1.82) is 0 Å². The van der Waals surface area contributed by atoms with Gasteiger partial charge >= 0.3 is 6.36 Å². The number of halogens is 3. The number of alkyl halides is 3. The molecule has 0 spiro atoms. The molecule has 23 heavy (non-hydrogen) atoms. The third-order valence-electron chi connectivity index (χ3n) is 5.88. The summed E-state index contributed by atoms with van der Waals surface area (Å²) in [7, 11) is 0. The van der Waals surface area contributed by atoms with Gasteiger partial charge in [0.05, 0.1) is 5.60 Å². The number of hydrogen-bond donors (Lipinski definition) is 1. The first-order chi connectivity index (χ1) is 10.4. The van der Waals surface area contributed by atoms with Crippen LogP contribution in [0.4, 0.5) is 13.2 Å². The van der Waals surface area contributed by atoms with Crippen LogP contribution in [0.5, 0.6) is 5.75 Å². The van der Waals surface area contributed by atoms with Gasteiger partial charge in [0, 0.05) is 5.92 Å². The zero-order valence-corrected chi connectivity index (χ0v) is 13.9. The highest BCUT2D eigenvalue weighted by Crippen LogP contribution is 2.64. The van der Waals surface area contributed by atoms with E-state index < -0.39 is 12.0 Å². The van der Waals surface area contributed by atoms with Gasteiger partial charge in [-0.3, -0.25) is 0 Å². The van der Waals surface area contributed by atoms with Gasteiger partial charge in [-0.05, 0) is 53.9 Å². The first kappa shape index (κ1) is 16.6. The molecule has 0 amide bonds. The topological polar surface area (TPSA) is 29.5 Å². The molecule has 0 unspecified atom stereocenters. The highest BCUT2D eigenvalue weighted by Gasteiger charge is 2.61. The molecule has 128 valence electrons. The molecule has 1 aromatic rings. The average molecular weight is 328 g/mol. The quantitative estimate of drug-likeness (QED) is 0.795. The van der Waals surface area contributed by atoms with Crippen molar-refractivity contribution in [3.63, 3.8) is 0 Å². The number of fused-ring (bicyclic) bond motifs is 3. The Morgan fingerprint density at radius 2 is 1.74 bits per heavy atom. The Kier molecular flexibility index (Phi) is 3.36. The van der Waals surface area contributed by atoms with E-state index in [1.54, 1.807) is 13.0 Å². The number of rotatable bonds is 1. The first-order valence-corrected chi connectivity index (χ1v) is 8.01. The Morgan fingerprint density at radius 3 is 2.35 bits per heavy atom. The minimum absolute atomic E-state index is 0.0348. The molecule has 0 aliphatic heterocycles. The molecule has 1 saturated carbocycles. The van der Waals surface area contributed by atoms with E-state index in [1.165, 1.54) is 12.1 Å². The minimum Gasteiger partial charge on any atom is -0.406 e. The lowest BCUT2D eigenvalue weighted by molar-refractivity contribution is -0.274. The molecular formula is C18H23F3O2. The summed E-state index contributed by atoms with van der Waals surface area (Å²) in [5.74, 6) is -0.246. The maximum Gasteiger partial charge on any atom is 0.573 e. The van der Waals surface area contributed by atoms with E-state index in [1.807, 2.05) is 0 Å². The second kappa shape index (κ2) is 4.65. The lowest BCUT2D eigenvalue weighted by atomic mass is 9.54. The summed E-state index contributed by atoms with van der Waals surface area (Å²) in [4.78, 5) is 0. The number of benzene rings is 1. The predicted molar refractivity (Wildman–Crippen MR) is 81.2 cm³/mol. The van der Waals surface area contributed by atoms with Crippen LogP contribution in [0.2, 0.25) is 0 Å². The molecule has 0 radical (unpaired) electrons. The molecule has 3 atom stereocenters. The lowest BCUT2D eigenvalue weighted by Gasteiger charge is -2.51. The summed E-state index contributed by atoms with van der Waals surface area (Å²) < 4.78 is 41.7. The Morgan fingerprint density at radius 1 is 1.09 bits per heavy atom. The van der Waals surface area contributed by atoms with E-state index in [0.717, 1.165) is 30.4 Å². The standard InChI is InChI=1S/C18H23F3O2/c1-15(2)8-5-9-16(3)13-10-11(23-18(19,20)21)6-7-12(13)17(4,22)14(15)16/h6-7,10,14,22H,5,8-9H2,1-4H3/t14-,16+,17+/m1/s1. The van der Waals surface area contributed by atoms with Crippen molar-refractivity contribution in [2.75, 3.05) is 0 Å². The van der Waals surface area contributed by atoms with Crippen molar-refractivity contribution in [3.05, 3.63) is 29.3 Å². The Bertz CT molecular complexity index is 634. The van der Waals surface area contributed by atoms with Crippen LogP contribution in [-0.2, 0) is 11.0 Å². The van der Waals surface area contributed by atoms with Crippen LogP contribution in [-0.4, -0.2) is 11.5 Å². The molecule has 0 aromatic heterocycles. The molecule has 2 aliphatic rings. The molecule has 1 N–H and O–H groups in total. The molecule has 0 saturated heterocycles. The largest absolute Gasteiger partial charge is 0.573 e. The molecular weight excluding hydrogens is 305 g/mol. The highest BCUT2D eigenvalue weighted by molar-refractivity contribution is 5.50. The Balaban J connectivity index is 2.13. The summed E-state index contributed by atoms with van der Waals surface area (Å²) in [6, 6.07) is 4.36. The van der Waals surface area contributed by atoms with Crippen LogP contribution >= 0.6 is 0 Å². The van der Waals surface area contributed by atoms with Gasteiger partial charge in [-0.2, -0.15) is 0 Å². The monoisotopic (exact) mass is 328 g/mol. The maximum absolute atomic E-state index is 12.5. The maximum atomic E-state index is 12.5. The van der Waals surface area contributed by atoms with Crippen LogP contribution in [0.1, 0.15) is 58.1 Å². The summed E-state index contributed by atoms with van der Waals surface area (Å²) in [5, 5.41) is 11.2. The third kappa shape index (κ3) is 2.44. The van der Waals surface area contributed by atoms with Crippen molar-refractivity contribution in [1.82, 2.24) is 0 Å². The number of ether oxygens (including phenoxy) is 1. The molecule has 0 bridgehead atoms. The summed E-state index contributed by atoms with van der Waals surface area (Å²) in [6.07, 6.45) is -1.84. The molecule has 5 heteroatoms. The molecule has 2 nitrogen and oxygen atoms in total. The summed E-state index contributed by atoms with van der Waals surface area (Å²) in [6.45, 7) is 8.14. The fraction of sp³-hybridized carbons (Fsp3) is 0.667. The van der Waals surface area contributed by atoms with E-state index in [-0.39, 0.29) is 22.5 Å². The molecule has 0 heterocycles. The van der Waals surface area contributed by atoms with E-state index in [0.29, 0.717) is 0 Å². The second-order valence-electron chi connectivity index (χ2n) is 8.10. The SMILES string of the molecule is CC1(C)CCC[C@@]2(C)c3cc(OC(F)(F)F)ccc3[C@](C)(O)[C@H]12. The molecule has 1 aromatic carbocycles. The van der Waals surface area contributed by atoms with Gasteiger partial charge in [-0.25, -0.2) is 0 Å². The average Bonchev–Trinajstić information content (AvgIpc) is 2.52. The zero-order chi connectivity index (χ0) is 17.3. The van der Waals surface area contributed by atoms with Gasteiger partial charge in [0.15, 0.2) is 0 Å². The van der Waals surface area contributed by atoms with Gasteiger partial charge < -0.3 is 9.84 Å². The highest BCUT2D eigenvalue weighted by atomic mass is 19.4. The fourth-order valence-corrected chi connectivity index (χ4v) is 5.52. The van der Waals surface area contributed by atoms with E-state index in [2.05, 4.69) is 25.5 Å². The van der Waals surface area contributed by atoms with Crippen molar-refractivity contribution in [3.8, 4) is 5.75 Å². The Hall–Kier alpha value is -1.23. The lowest BCUT2D eigenvalue weighted by Crippen LogP contribution is -2.49. The van der Waals surface area contributed by atoms with Gasteiger partial charge in [0.2, 0.25) is 0 Å². The van der Waals surface area contributed by atoms with Crippen LogP contribution in [0, 0.1) is 11.3 Å². The van der Waals surface area contributed by atoms with Crippen LogP contribution < -0.4 is 4.74 Å². The van der Waals surface area contributed by atoms with Crippen LogP contribution in [0.3, 0.4) is 0 Å². The van der Waals surface area contributed by atoms with E-state index >= 15 is 0 Å². The summed E-state index contributed by atoms with van der Waals surface area (Å²) >= 11 is 0.